The number of hydrogen-bond acceptors (Lipinski definition) is 4. The van der Waals surface area contributed by atoms with Gasteiger partial charge in [0.2, 0.25) is 20.0 Å². The lowest BCUT2D eigenvalue weighted by Gasteiger charge is -2.30. The summed E-state index contributed by atoms with van der Waals surface area (Å²) in [7, 11) is -8.13. The highest BCUT2D eigenvalue weighted by Gasteiger charge is 2.35. The molecule has 0 bridgehead atoms. The second-order valence-corrected chi connectivity index (χ2v) is 13.8. The Balaban J connectivity index is 1.89. The van der Waals surface area contributed by atoms with Gasteiger partial charge >= 0.3 is 0 Å². The van der Waals surface area contributed by atoms with E-state index in [-0.39, 0.29) is 9.79 Å². The van der Waals surface area contributed by atoms with Crippen LogP contribution in [0.1, 0.15) is 56.6 Å². The minimum Gasteiger partial charge on any atom is -0.207 e. The SMILES string of the molecule is Cc1cc(C)c(S(=O)(=O)N[C@H](c2ccccc2)[C@H](NS(=O)(=O)c2c(C)cc(C)cc2C)c2ccccc2)c(C)c1. The van der Waals surface area contributed by atoms with Crippen molar-refractivity contribution in [3.05, 3.63) is 129 Å². The fourth-order valence-electron chi connectivity index (χ4n) is 5.61. The van der Waals surface area contributed by atoms with Crippen LogP contribution in [0.4, 0.5) is 0 Å². The van der Waals surface area contributed by atoms with Crippen molar-refractivity contribution in [2.24, 2.45) is 0 Å². The lowest BCUT2D eigenvalue weighted by atomic mass is 9.95. The highest BCUT2D eigenvalue weighted by molar-refractivity contribution is 7.90. The van der Waals surface area contributed by atoms with E-state index >= 15 is 0 Å². The molecule has 2 N–H and O–H groups in total. The molecule has 210 valence electrons. The van der Waals surface area contributed by atoms with Crippen LogP contribution in [0, 0.1) is 41.5 Å². The molecule has 6 nitrogen and oxygen atoms in total. The van der Waals surface area contributed by atoms with Gasteiger partial charge in [-0.1, -0.05) is 96.1 Å². The van der Waals surface area contributed by atoms with Gasteiger partial charge < -0.3 is 0 Å². The van der Waals surface area contributed by atoms with E-state index in [0.29, 0.717) is 33.4 Å². The largest absolute Gasteiger partial charge is 0.241 e. The molecular formula is C32H36N2O4S2. The first-order valence-electron chi connectivity index (χ1n) is 13.1. The minimum absolute atomic E-state index is 0.193. The third-order valence-corrected chi connectivity index (χ3v) is 10.5. The van der Waals surface area contributed by atoms with Gasteiger partial charge in [-0.15, -0.1) is 0 Å². The third-order valence-electron chi connectivity index (χ3n) is 6.96. The van der Waals surface area contributed by atoms with Gasteiger partial charge in [-0.3, -0.25) is 0 Å². The van der Waals surface area contributed by atoms with Gasteiger partial charge in [0.1, 0.15) is 0 Å². The molecule has 0 aliphatic rings. The molecule has 4 aromatic rings. The van der Waals surface area contributed by atoms with Crippen molar-refractivity contribution in [2.75, 3.05) is 0 Å². The summed E-state index contributed by atoms with van der Waals surface area (Å²) >= 11 is 0. The predicted octanol–water partition coefficient (Wildman–Crippen LogP) is 6.28. The number of rotatable bonds is 9. The lowest BCUT2D eigenvalue weighted by Crippen LogP contribution is -2.41. The standard InChI is InChI=1S/C32H36N2O4S2/c1-21-17-23(3)31(24(4)18-21)39(35,36)33-29(27-13-9-7-10-14-27)30(28-15-11-8-12-16-28)34-40(37,38)32-25(5)19-22(2)20-26(32)6/h7-20,29-30,33-34H,1-6H3/t29-,30-/m1/s1. The summed E-state index contributed by atoms with van der Waals surface area (Å²) in [6.07, 6.45) is 0. The van der Waals surface area contributed by atoms with E-state index < -0.39 is 32.1 Å². The van der Waals surface area contributed by atoms with Crippen LogP contribution in [0.5, 0.6) is 0 Å². The number of aryl methyl sites for hydroxylation is 6. The Morgan fingerprint density at radius 2 is 0.750 bits per heavy atom. The highest BCUT2D eigenvalue weighted by atomic mass is 32.2. The Morgan fingerprint density at radius 1 is 0.475 bits per heavy atom. The van der Waals surface area contributed by atoms with Crippen molar-refractivity contribution < 1.29 is 16.8 Å². The number of hydrogen-bond donors (Lipinski definition) is 2. The molecule has 40 heavy (non-hydrogen) atoms. The predicted molar refractivity (Wildman–Crippen MR) is 160 cm³/mol. The molecule has 0 aromatic heterocycles. The molecule has 0 radical (unpaired) electrons. The van der Waals surface area contributed by atoms with Crippen LogP contribution < -0.4 is 9.44 Å². The van der Waals surface area contributed by atoms with Crippen LogP contribution in [-0.2, 0) is 20.0 Å². The summed E-state index contributed by atoms with van der Waals surface area (Å²) in [5.41, 5.74) is 5.68. The minimum atomic E-state index is -4.07. The van der Waals surface area contributed by atoms with Crippen molar-refractivity contribution in [2.45, 2.75) is 63.4 Å². The van der Waals surface area contributed by atoms with Crippen molar-refractivity contribution in [3.8, 4) is 0 Å². The van der Waals surface area contributed by atoms with Crippen molar-refractivity contribution in [3.63, 3.8) is 0 Å². The van der Waals surface area contributed by atoms with Crippen LogP contribution in [0.15, 0.2) is 94.7 Å². The molecule has 0 saturated carbocycles. The molecule has 4 rings (SSSR count). The molecular weight excluding hydrogens is 540 g/mol. The van der Waals surface area contributed by atoms with Crippen LogP contribution in [-0.4, -0.2) is 16.8 Å². The summed E-state index contributed by atoms with van der Waals surface area (Å²) in [5, 5.41) is 0. The zero-order valence-corrected chi connectivity index (χ0v) is 25.3. The zero-order chi connectivity index (χ0) is 29.2. The van der Waals surface area contributed by atoms with Crippen molar-refractivity contribution >= 4 is 20.0 Å². The summed E-state index contributed by atoms with van der Waals surface area (Å²) in [4.78, 5) is 0.387. The van der Waals surface area contributed by atoms with E-state index in [1.165, 1.54) is 0 Å². The summed E-state index contributed by atoms with van der Waals surface area (Å²) < 4.78 is 61.8. The topological polar surface area (TPSA) is 92.3 Å². The summed E-state index contributed by atoms with van der Waals surface area (Å²) in [6, 6.07) is 23.5. The van der Waals surface area contributed by atoms with Gasteiger partial charge in [0, 0.05) is 0 Å². The molecule has 8 heteroatoms. The van der Waals surface area contributed by atoms with E-state index in [9.17, 15) is 16.8 Å². The first-order valence-corrected chi connectivity index (χ1v) is 16.1. The second kappa shape index (κ2) is 11.7. The number of nitrogens with one attached hydrogen (secondary N) is 2. The fourth-order valence-corrected chi connectivity index (χ4v) is 8.99. The Kier molecular flexibility index (Phi) is 8.66. The second-order valence-electron chi connectivity index (χ2n) is 10.5. The van der Waals surface area contributed by atoms with Gasteiger partial charge in [-0.25, -0.2) is 26.3 Å². The van der Waals surface area contributed by atoms with E-state index in [2.05, 4.69) is 9.44 Å². The lowest BCUT2D eigenvalue weighted by molar-refractivity contribution is 0.466. The van der Waals surface area contributed by atoms with E-state index in [4.69, 9.17) is 0 Å². The smallest absolute Gasteiger partial charge is 0.207 e. The summed E-state index contributed by atoms with van der Waals surface area (Å²) in [6.45, 7) is 10.9. The van der Waals surface area contributed by atoms with Crippen LogP contribution >= 0.6 is 0 Å². The first kappa shape index (κ1) is 29.7. The zero-order valence-electron chi connectivity index (χ0n) is 23.7. The molecule has 0 saturated heterocycles. The van der Waals surface area contributed by atoms with Gasteiger partial charge in [0.25, 0.3) is 0 Å². The van der Waals surface area contributed by atoms with Gasteiger partial charge in [-0.05, 0) is 74.9 Å². The highest BCUT2D eigenvalue weighted by Crippen LogP contribution is 2.34. The summed E-state index contributed by atoms with van der Waals surface area (Å²) in [5.74, 6) is 0. The average molecular weight is 577 g/mol. The van der Waals surface area contributed by atoms with E-state index in [0.717, 1.165) is 11.1 Å². The van der Waals surface area contributed by atoms with Gasteiger partial charge in [-0.2, -0.15) is 0 Å². The molecule has 0 spiro atoms. The molecule has 0 aliphatic carbocycles. The van der Waals surface area contributed by atoms with Crippen molar-refractivity contribution in [1.82, 2.24) is 9.44 Å². The normalized spacial score (nSPS) is 13.7. The van der Waals surface area contributed by atoms with Crippen LogP contribution in [0.3, 0.4) is 0 Å². The van der Waals surface area contributed by atoms with E-state index in [1.54, 1.807) is 52.0 Å². The molecule has 0 heterocycles. The fraction of sp³-hybridized carbons (Fsp3) is 0.250. The third kappa shape index (κ3) is 6.36. The monoisotopic (exact) mass is 576 g/mol. The average Bonchev–Trinajstić information content (AvgIpc) is 2.85. The van der Waals surface area contributed by atoms with Crippen molar-refractivity contribution in [1.29, 1.82) is 0 Å². The quantitative estimate of drug-likeness (QED) is 0.245. The Labute approximate surface area is 238 Å². The van der Waals surface area contributed by atoms with Gasteiger partial charge in [0.05, 0.1) is 21.9 Å². The van der Waals surface area contributed by atoms with E-state index in [1.807, 2.05) is 74.5 Å². The number of benzene rings is 4. The number of sulfonamides is 2. The maximum atomic E-state index is 14.0. The Hall–Kier alpha value is -3.30. The van der Waals surface area contributed by atoms with Gasteiger partial charge in [0.15, 0.2) is 0 Å². The molecule has 0 amide bonds. The first-order chi connectivity index (χ1) is 18.8. The van der Waals surface area contributed by atoms with Crippen LogP contribution in [0.2, 0.25) is 0 Å². The Bertz CT molecular complexity index is 1560. The molecule has 4 aromatic carbocycles. The maximum absolute atomic E-state index is 14.0. The molecule has 0 fully saturated rings. The maximum Gasteiger partial charge on any atom is 0.241 e. The molecule has 0 unspecified atom stereocenters. The van der Waals surface area contributed by atoms with Crippen LogP contribution in [0.25, 0.3) is 0 Å². The molecule has 2 atom stereocenters. The molecule has 0 aliphatic heterocycles. The Morgan fingerprint density at radius 3 is 1.02 bits per heavy atom.